The van der Waals surface area contributed by atoms with Crippen molar-refractivity contribution in [2.75, 3.05) is 11.3 Å². The lowest BCUT2D eigenvalue weighted by molar-refractivity contribution is 0.598. The van der Waals surface area contributed by atoms with Crippen LogP contribution in [0.2, 0.25) is 0 Å². The summed E-state index contributed by atoms with van der Waals surface area (Å²) in [6.07, 6.45) is 2.86. The van der Waals surface area contributed by atoms with Crippen molar-refractivity contribution >= 4 is 15.7 Å². The molecule has 0 radical (unpaired) electrons. The number of aryl methyl sites for hydroxylation is 1. The highest BCUT2D eigenvalue weighted by Gasteiger charge is 2.16. The molecule has 0 bridgehead atoms. The van der Waals surface area contributed by atoms with Crippen molar-refractivity contribution in [2.45, 2.75) is 5.03 Å². The number of aromatic nitrogens is 2. The molecule has 1 aromatic heterocycles. The minimum atomic E-state index is -3.66. The molecule has 0 saturated carbocycles. The highest BCUT2D eigenvalue weighted by Crippen LogP contribution is 2.14. The van der Waals surface area contributed by atoms with Crippen LogP contribution in [0.1, 0.15) is 5.56 Å². The van der Waals surface area contributed by atoms with Gasteiger partial charge in [0.2, 0.25) is 0 Å². The molecule has 0 aliphatic heterocycles. The summed E-state index contributed by atoms with van der Waals surface area (Å²) in [5, 5.41) is -0.0213. The Morgan fingerprint density at radius 1 is 1.35 bits per heavy atom. The van der Waals surface area contributed by atoms with Crippen LogP contribution >= 0.6 is 0 Å². The predicted octanol–water partition coefficient (Wildman–Crippen LogP) is 0.531. The molecule has 1 aromatic carbocycles. The monoisotopic (exact) mass is 290 g/mol. The van der Waals surface area contributed by atoms with Gasteiger partial charge in [-0.1, -0.05) is 11.8 Å². The van der Waals surface area contributed by atoms with Crippen molar-refractivity contribution in [3.63, 3.8) is 0 Å². The van der Waals surface area contributed by atoms with E-state index in [-0.39, 0.29) is 11.6 Å². The fourth-order valence-corrected chi connectivity index (χ4v) is 2.55. The Balaban J connectivity index is 2.17. The van der Waals surface area contributed by atoms with Crippen molar-refractivity contribution in [1.82, 2.24) is 9.55 Å². The van der Waals surface area contributed by atoms with E-state index in [1.165, 1.54) is 12.5 Å². The first kappa shape index (κ1) is 14.1. The Kier molecular flexibility index (Phi) is 4.08. The molecule has 1 heterocycles. The number of nitrogens with one attached hydrogen (secondary N) is 1. The molecule has 6 nitrogen and oxygen atoms in total. The van der Waals surface area contributed by atoms with E-state index in [0.717, 1.165) is 5.56 Å². The number of rotatable bonds is 3. The van der Waals surface area contributed by atoms with E-state index < -0.39 is 10.0 Å². The fourth-order valence-electron chi connectivity index (χ4n) is 1.51. The molecule has 2 rings (SSSR count). The second-order valence-corrected chi connectivity index (χ2v) is 5.70. The predicted molar refractivity (Wildman–Crippen MR) is 76.4 cm³/mol. The summed E-state index contributed by atoms with van der Waals surface area (Å²) < 4.78 is 28.1. The van der Waals surface area contributed by atoms with Crippen molar-refractivity contribution in [2.24, 2.45) is 12.8 Å². The Labute approximate surface area is 117 Å². The van der Waals surface area contributed by atoms with Crippen molar-refractivity contribution in [3.05, 3.63) is 42.4 Å². The van der Waals surface area contributed by atoms with Gasteiger partial charge in [-0.2, -0.15) is 8.42 Å². The van der Waals surface area contributed by atoms with Gasteiger partial charge in [0.15, 0.2) is 5.03 Å². The summed E-state index contributed by atoms with van der Waals surface area (Å²) in [6, 6.07) is 6.72. The molecule has 2 aromatic rings. The maximum absolute atomic E-state index is 12.0. The van der Waals surface area contributed by atoms with Crippen LogP contribution in [0.15, 0.2) is 41.8 Å². The first-order valence-corrected chi connectivity index (χ1v) is 7.29. The lowest BCUT2D eigenvalue weighted by atomic mass is 10.2. The van der Waals surface area contributed by atoms with Gasteiger partial charge in [-0.15, -0.1) is 0 Å². The van der Waals surface area contributed by atoms with E-state index in [1.807, 2.05) is 0 Å². The third-order valence-electron chi connectivity index (χ3n) is 2.43. The standard InChI is InChI=1S/C13H14N4O2S/c1-17-9-13(15-10-17)20(18,19)16-12-6-4-11(5-7-12)3-2-8-14/h4-7,9-10,16H,8,14H2,1H3. The van der Waals surface area contributed by atoms with Crippen LogP contribution in [0.25, 0.3) is 0 Å². The molecule has 20 heavy (non-hydrogen) atoms. The second-order valence-electron chi connectivity index (χ2n) is 4.07. The van der Waals surface area contributed by atoms with Crippen LogP contribution in [-0.4, -0.2) is 24.5 Å². The average Bonchev–Trinajstić information content (AvgIpc) is 2.85. The topological polar surface area (TPSA) is 90.0 Å². The summed E-state index contributed by atoms with van der Waals surface area (Å²) in [7, 11) is -1.95. The van der Waals surface area contributed by atoms with E-state index in [9.17, 15) is 8.42 Å². The first-order valence-electron chi connectivity index (χ1n) is 5.81. The molecule has 0 unspecified atom stereocenters. The van der Waals surface area contributed by atoms with E-state index in [1.54, 1.807) is 35.9 Å². The zero-order valence-corrected chi connectivity index (χ0v) is 11.7. The van der Waals surface area contributed by atoms with Gasteiger partial charge in [0, 0.05) is 24.5 Å². The van der Waals surface area contributed by atoms with Gasteiger partial charge in [0.05, 0.1) is 12.9 Å². The van der Waals surface area contributed by atoms with Crippen LogP contribution < -0.4 is 10.5 Å². The van der Waals surface area contributed by atoms with Gasteiger partial charge >= 0.3 is 0 Å². The minimum Gasteiger partial charge on any atom is -0.339 e. The molecule has 0 atom stereocenters. The zero-order valence-electron chi connectivity index (χ0n) is 10.9. The molecule has 0 spiro atoms. The van der Waals surface area contributed by atoms with Crippen LogP contribution in [0.4, 0.5) is 5.69 Å². The number of nitrogens with two attached hydrogens (primary N) is 1. The summed E-state index contributed by atoms with van der Waals surface area (Å²) in [6.45, 7) is 0.286. The molecule has 104 valence electrons. The maximum Gasteiger partial charge on any atom is 0.280 e. The molecule has 0 amide bonds. The maximum atomic E-state index is 12.0. The molecule has 0 saturated heterocycles. The molecule has 0 fully saturated rings. The van der Waals surface area contributed by atoms with E-state index >= 15 is 0 Å². The summed E-state index contributed by atoms with van der Waals surface area (Å²) in [5.74, 6) is 5.59. The number of benzene rings is 1. The van der Waals surface area contributed by atoms with E-state index in [4.69, 9.17) is 5.73 Å². The summed E-state index contributed by atoms with van der Waals surface area (Å²) >= 11 is 0. The third kappa shape index (κ3) is 3.38. The lowest BCUT2D eigenvalue weighted by Crippen LogP contribution is -2.13. The normalized spacial score (nSPS) is 10.7. The van der Waals surface area contributed by atoms with Gasteiger partial charge in [-0.3, -0.25) is 4.72 Å². The zero-order chi connectivity index (χ0) is 14.6. The van der Waals surface area contributed by atoms with Crippen LogP contribution in [0.5, 0.6) is 0 Å². The Morgan fingerprint density at radius 3 is 2.60 bits per heavy atom. The largest absolute Gasteiger partial charge is 0.339 e. The smallest absolute Gasteiger partial charge is 0.280 e. The minimum absolute atomic E-state index is 0.0213. The Hall–Kier alpha value is -2.30. The van der Waals surface area contributed by atoms with Crippen LogP contribution in [0.3, 0.4) is 0 Å². The number of nitrogens with zero attached hydrogens (tertiary/aromatic N) is 2. The van der Waals surface area contributed by atoms with E-state index in [2.05, 4.69) is 21.5 Å². The summed E-state index contributed by atoms with van der Waals surface area (Å²) in [4.78, 5) is 3.82. The van der Waals surface area contributed by atoms with E-state index in [0.29, 0.717) is 5.69 Å². The number of sulfonamides is 1. The number of hydrogen-bond acceptors (Lipinski definition) is 4. The SMILES string of the molecule is Cn1cnc(S(=O)(=O)Nc2ccc(C#CCN)cc2)c1. The third-order valence-corrected chi connectivity index (χ3v) is 3.69. The quantitative estimate of drug-likeness (QED) is 0.807. The fraction of sp³-hybridized carbons (Fsp3) is 0.154. The highest BCUT2D eigenvalue weighted by molar-refractivity contribution is 7.92. The van der Waals surface area contributed by atoms with Crippen molar-refractivity contribution in [1.29, 1.82) is 0 Å². The molecular formula is C13H14N4O2S. The van der Waals surface area contributed by atoms with Crippen molar-refractivity contribution < 1.29 is 8.42 Å². The number of anilines is 1. The van der Waals surface area contributed by atoms with Crippen LogP contribution in [0, 0.1) is 11.8 Å². The van der Waals surface area contributed by atoms with Gasteiger partial charge in [-0.05, 0) is 24.3 Å². The average molecular weight is 290 g/mol. The van der Waals surface area contributed by atoms with Gasteiger partial charge in [0.1, 0.15) is 0 Å². The highest BCUT2D eigenvalue weighted by atomic mass is 32.2. The Bertz CT molecular complexity index is 752. The van der Waals surface area contributed by atoms with Gasteiger partial charge < -0.3 is 10.3 Å². The molecule has 3 N–H and O–H groups in total. The second kappa shape index (κ2) is 5.77. The first-order chi connectivity index (χ1) is 9.51. The molecule has 7 heteroatoms. The summed E-state index contributed by atoms with van der Waals surface area (Å²) in [5.41, 5.74) is 6.51. The van der Waals surface area contributed by atoms with Gasteiger partial charge in [0.25, 0.3) is 10.0 Å². The van der Waals surface area contributed by atoms with Crippen molar-refractivity contribution in [3.8, 4) is 11.8 Å². The number of hydrogen-bond donors (Lipinski definition) is 2. The lowest BCUT2D eigenvalue weighted by Gasteiger charge is -2.05. The molecule has 0 aliphatic carbocycles. The molecule has 0 aliphatic rings. The van der Waals surface area contributed by atoms with Gasteiger partial charge in [-0.25, -0.2) is 4.98 Å². The number of imidazole rings is 1. The van der Waals surface area contributed by atoms with Crippen LogP contribution in [-0.2, 0) is 17.1 Å². The Morgan fingerprint density at radius 2 is 2.05 bits per heavy atom. The molecular weight excluding hydrogens is 276 g/mol.